The number of rotatable bonds is 0. The number of hydrogen-bond donors (Lipinski definition) is 0. The van der Waals surface area contributed by atoms with Crippen LogP contribution in [0.3, 0.4) is 0 Å². The summed E-state index contributed by atoms with van der Waals surface area (Å²) < 4.78 is 0. The Hall–Kier alpha value is -0.960. The number of fused-ring (bicyclic) bond motifs is 1. The van der Waals surface area contributed by atoms with Crippen LogP contribution in [0.2, 0.25) is 0 Å². The highest BCUT2D eigenvalue weighted by Gasteiger charge is 2.23. The van der Waals surface area contributed by atoms with Gasteiger partial charge in [-0.15, -0.1) is 0 Å². The van der Waals surface area contributed by atoms with Crippen LogP contribution in [0.5, 0.6) is 0 Å². The van der Waals surface area contributed by atoms with Crippen LogP contribution < -0.4 is 0 Å². The van der Waals surface area contributed by atoms with E-state index < -0.39 is 0 Å². The molecule has 11 heavy (non-hydrogen) atoms. The molecule has 0 amide bonds. The van der Waals surface area contributed by atoms with E-state index in [1.807, 2.05) is 6.07 Å². The molecule has 0 heteroatoms. The highest BCUT2D eigenvalue weighted by Crippen LogP contribution is 2.39. The molecule has 0 fully saturated rings. The summed E-state index contributed by atoms with van der Waals surface area (Å²) in [6.45, 7) is 4.56. The Balaban J connectivity index is 2.52. The highest BCUT2D eigenvalue weighted by molar-refractivity contribution is 5.34. The molecule has 0 radical (unpaired) electrons. The lowest BCUT2D eigenvalue weighted by Gasteiger charge is -1.99. The lowest BCUT2D eigenvalue weighted by molar-refractivity contribution is 0.661. The second kappa shape index (κ2) is 2.27. The third-order valence-corrected chi connectivity index (χ3v) is 2.59. The van der Waals surface area contributed by atoms with Gasteiger partial charge in [0, 0.05) is 5.56 Å². The fourth-order valence-corrected chi connectivity index (χ4v) is 2.03. The van der Waals surface area contributed by atoms with Crippen LogP contribution in [0.1, 0.15) is 43.2 Å². The first kappa shape index (κ1) is 6.73. The van der Waals surface area contributed by atoms with Gasteiger partial charge in [-0.3, -0.25) is 0 Å². The molecule has 0 saturated carbocycles. The molecule has 0 saturated heterocycles. The minimum atomic E-state index is 0.692. The molecule has 0 spiro atoms. The minimum Gasteiger partial charge on any atom is -0.0699 e. The van der Waals surface area contributed by atoms with Crippen molar-refractivity contribution in [1.82, 2.24) is 0 Å². The van der Waals surface area contributed by atoms with Gasteiger partial charge in [0.25, 0.3) is 0 Å². The zero-order valence-electron chi connectivity index (χ0n) is 7.02. The Morgan fingerprint density at radius 3 is 2.91 bits per heavy atom. The Morgan fingerprint density at radius 1 is 1.36 bits per heavy atom. The minimum absolute atomic E-state index is 0.692. The average molecular weight is 144 g/mol. The SMILES string of the molecule is CC1CC(C)c2ccc#cc21. The largest absolute Gasteiger partial charge is 0.0699 e. The van der Waals surface area contributed by atoms with Gasteiger partial charge in [0.05, 0.1) is 0 Å². The maximum Gasteiger partial charge on any atom is 0.00872 e. The van der Waals surface area contributed by atoms with Gasteiger partial charge in [0.2, 0.25) is 0 Å². The van der Waals surface area contributed by atoms with Crippen LogP contribution in [-0.4, -0.2) is 0 Å². The third kappa shape index (κ3) is 0.922. The quantitative estimate of drug-likeness (QED) is 0.525. The first-order valence-electron chi connectivity index (χ1n) is 4.21. The van der Waals surface area contributed by atoms with E-state index in [-0.39, 0.29) is 0 Å². The second-order valence-corrected chi connectivity index (χ2v) is 3.51. The molecule has 1 aliphatic rings. The molecule has 2 unspecified atom stereocenters. The molecule has 0 heterocycles. The topological polar surface area (TPSA) is 0 Å². The smallest absolute Gasteiger partial charge is 0.00872 e. The normalized spacial score (nSPS) is 27.8. The second-order valence-electron chi connectivity index (χ2n) is 3.51. The van der Waals surface area contributed by atoms with Gasteiger partial charge < -0.3 is 0 Å². The fourth-order valence-electron chi connectivity index (χ4n) is 2.03. The van der Waals surface area contributed by atoms with E-state index in [2.05, 4.69) is 32.0 Å². The van der Waals surface area contributed by atoms with Crippen molar-refractivity contribution >= 4 is 0 Å². The molecule has 0 aromatic heterocycles. The highest BCUT2D eigenvalue weighted by atomic mass is 14.3. The standard InChI is InChI=1S/C11H12/c1-8-7-9(2)11-6-4-3-5-10(8)11/h3,5,8-9H,7H2,1-2H3. The maximum atomic E-state index is 3.20. The van der Waals surface area contributed by atoms with Gasteiger partial charge in [0.1, 0.15) is 0 Å². The van der Waals surface area contributed by atoms with Crippen molar-refractivity contribution in [1.29, 1.82) is 0 Å². The molecule has 2 rings (SSSR count). The molecule has 1 aromatic rings. The lowest BCUT2D eigenvalue weighted by Crippen LogP contribution is -1.82. The summed E-state index contributed by atoms with van der Waals surface area (Å²) in [5, 5.41) is 0. The van der Waals surface area contributed by atoms with Crippen molar-refractivity contribution in [2.24, 2.45) is 0 Å². The Kier molecular flexibility index (Phi) is 1.39. The lowest BCUT2D eigenvalue weighted by atomic mass is 10.1. The summed E-state index contributed by atoms with van der Waals surface area (Å²) >= 11 is 0. The van der Waals surface area contributed by atoms with E-state index in [0.717, 1.165) is 5.92 Å². The van der Waals surface area contributed by atoms with Gasteiger partial charge in [-0.1, -0.05) is 26.0 Å². The monoisotopic (exact) mass is 144 g/mol. The summed E-state index contributed by atoms with van der Waals surface area (Å²) in [6, 6.07) is 10.4. The maximum absolute atomic E-state index is 3.20. The third-order valence-electron chi connectivity index (χ3n) is 2.59. The first-order valence-corrected chi connectivity index (χ1v) is 4.21. The molecule has 0 bridgehead atoms. The van der Waals surface area contributed by atoms with Crippen molar-refractivity contribution in [3.63, 3.8) is 0 Å². The van der Waals surface area contributed by atoms with Crippen molar-refractivity contribution in [2.45, 2.75) is 32.1 Å². The molecule has 0 aliphatic heterocycles. The summed E-state index contributed by atoms with van der Waals surface area (Å²) in [7, 11) is 0. The van der Waals surface area contributed by atoms with Crippen LogP contribution in [-0.2, 0) is 0 Å². The summed E-state index contributed by atoms with van der Waals surface area (Å²) in [5.41, 5.74) is 2.87. The van der Waals surface area contributed by atoms with Crippen LogP contribution in [0, 0.1) is 12.1 Å². The van der Waals surface area contributed by atoms with Crippen molar-refractivity contribution < 1.29 is 0 Å². The Morgan fingerprint density at radius 2 is 2.18 bits per heavy atom. The first-order chi connectivity index (χ1) is 5.29. The van der Waals surface area contributed by atoms with Gasteiger partial charge in [0.15, 0.2) is 0 Å². The molecule has 2 atom stereocenters. The van der Waals surface area contributed by atoms with Crippen LogP contribution >= 0.6 is 0 Å². The molecule has 0 nitrogen and oxygen atoms in total. The molecular weight excluding hydrogens is 132 g/mol. The van der Waals surface area contributed by atoms with E-state index >= 15 is 0 Å². The molecule has 0 N–H and O–H groups in total. The van der Waals surface area contributed by atoms with Gasteiger partial charge in [-0.05, 0) is 36.0 Å². The number of hydrogen-bond acceptors (Lipinski definition) is 0. The molecular formula is C11H12. The van der Waals surface area contributed by atoms with Gasteiger partial charge >= 0.3 is 0 Å². The molecule has 56 valence electrons. The zero-order valence-corrected chi connectivity index (χ0v) is 7.02. The van der Waals surface area contributed by atoms with E-state index in [1.54, 1.807) is 0 Å². The molecule has 1 aliphatic carbocycles. The van der Waals surface area contributed by atoms with E-state index in [1.165, 1.54) is 17.5 Å². The van der Waals surface area contributed by atoms with E-state index in [9.17, 15) is 0 Å². The fraction of sp³-hybridized carbons (Fsp3) is 0.455. The van der Waals surface area contributed by atoms with E-state index in [0.29, 0.717) is 5.92 Å². The van der Waals surface area contributed by atoms with Crippen molar-refractivity contribution in [2.75, 3.05) is 0 Å². The Labute approximate surface area is 68.3 Å². The van der Waals surface area contributed by atoms with Crippen LogP contribution in [0.25, 0.3) is 0 Å². The zero-order chi connectivity index (χ0) is 7.84. The van der Waals surface area contributed by atoms with Crippen molar-refractivity contribution in [3.05, 3.63) is 35.4 Å². The summed E-state index contributed by atoms with van der Waals surface area (Å²) in [5.74, 6) is 1.42. The predicted molar refractivity (Wildman–Crippen MR) is 45.6 cm³/mol. The van der Waals surface area contributed by atoms with Gasteiger partial charge in [-0.25, -0.2) is 0 Å². The van der Waals surface area contributed by atoms with E-state index in [4.69, 9.17) is 0 Å². The average Bonchev–Trinajstić information content (AvgIpc) is 2.30. The summed E-state index contributed by atoms with van der Waals surface area (Å²) in [6.07, 6.45) is 1.28. The summed E-state index contributed by atoms with van der Waals surface area (Å²) in [4.78, 5) is 0. The molecule has 1 aromatic carbocycles. The van der Waals surface area contributed by atoms with Crippen molar-refractivity contribution in [3.8, 4) is 0 Å². The van der Waals surface area contributed by atoms with Crippen LogP contribution in [0.4, 0.5) is 0 Å². The Bertz CT molecular complexity index is 235. The van der Waals surface area contributed by atoms with Crippen LogP contribution in [0.15, 0.2) is 12.1 Å². The van der Waals surface area contributed by atoms with Gasteiger partial charge in [-0.2, -0.15) is 0 Å². The predicted octanol–water partition coefficient (Wildman–Crippen LogP) is 2.90.